The van der Waals surface area contributed by atoms with Gasteiger partial charge in [0.1, 0.15) is 11.7 Å². The minimum Gasteiger partial charge on any atom is -0.507 e. The number of aliphatic hydroxyl groups is 1. The molecule has 0 bridgehead atoms. The molecule has 1 heterocycles. The van der Waals surface area contributed by atoms with Gasteiger partial charge in [-0.1, -0.05) is 31.2 Å². The summed E-state index contributed by atoms with van der Waals surface area (Å²) in [7, 11) is 0. The van der Waals surface area contributed by atoms with E-state index in [1.165, 1.54) is 0 Å². The first kappa shape index (κ1) is 18.0. The van der Waals surface area contributed by atoms with Gasteiger partial charge in [0.2, 0.25) is 0 Å². The van der Waals surface area contributed by atoms with Crippen molar-refractivity contribution in [1.29, 1.82) is 0 Å². The maximum atomic E-state index is 13.5. The van der Waals surface area contributed by atoms with Crippen molar-refractivity contribution in [1.82, 2.24) is 0 Å². The molecule has 0 aromatic heterocycles. The maximum absolute atomic E-state index is 13.5. The number of allylic oxidation sites excluding steroid dienone is 4. The van der Waals surface area contributed by atoms with Gasteiger partial charge in [0, 0.05) is 6.42 Å². The molecule has 3 aliphatic rings. The Hall–Kier alpha value is -2.36. The van der Waals surface area contributed by atoms with E-state index >= 15 is 0 Å². The maximum Gasteiger partial charge on any atom is 0.343 e. The molecule has 0 amide bonds. The van der Waals surface area contributed by atoms with Crippen LogP contribution in [0.2, 0.25) is 0 Å². The SMILES string of the molecule is CCc1ccc(C2=CCC(F)C=C2)c(C)c1C1=C(O)C2(CCCC2)OC1=O. The van der Waals surface area contributed by atoms with Crippen LogP contribution in [0.3, 0.4) is 0 Å². The lowest BCUT2D eigenvalue weighted by molar-refractivity contribution is -0.146. The number of hydrogen-bond acceptors (Lipinski definition) is 3. The molecule has 1 N–H and O–H groups in total. The van der Waals surface area contributed by atoms with Crippen LogP contribution in [-0.4, -0.2) is 22.8 Å². The van der Waals surface area contributed by atoms with Crippen molar-refractivity contribution in [2.75, 3.05) is 0 Å². The first-order valence-corrected chi connectivity index (χ1v) is 9.79. The summed E-state index contributed by atoms with van der Waals surface area (Å²) in [5.74, 6) is -0.335. The molecule has 1 fully saturated rings. The molecule has 1 atom stereocenters. The fourth-order valence-corrected chi connectivity index (χ4v) is 4.62. The smallest absolute Gasteiger partial charge is 0.343 e. The first-order valence-electron chi connectivity index (χ1n) is 9.79. The molecule has 2 aliphatic carbocycles. The molecule has 1 unspecified atom stereocenters. The van der Waals surface area contributed by atoms with E-state index in [1.54, 1.807) is 12.2 Å². The summed E-state index contributed by atoms with van der Waals surface area (Å²) in [6, 6.07) is 4.02. The van der Waals surface area contributed by atoms with Crippen LogP contribution in [-0.2, 0) is 16.0 Å². The summed E-state index contributed by atoms with van der Waals surface area (Å²) in [5.41, 5.74) is 4.11. The van der Waals surface area contributed by atoms with Gasteiger partial charge in [0.05, 0.1) is 0 Å². The third kappa shape index (κ3) is 2.82. The highest BCUT2D eigenvalue weighted by atomic mass is 19.1. The van der Waals surface area contributed by atoms with Gasteiger partial charge in [-0.15, -0.1) is 0 Å². The predicted octanol–water partition coefficient (Wildman–Crippen LogP) is 5.38. The Bertz CT molecular complexity index is 885. The average molecular weight is 368 g/mol. The Balaban J connectivity index is 1.87. The third-order valence-electron chi connectivity index (χ3n) is 6.11. The molecule has 0 radical (unpaired) electrons. The molecule has 1 saturated carbocycles. The molecule has 1 aromatic rings. The van der Waals surface area contributed by atoms with Crippen molar-refractivity contribution < 1.29 is 19.0 Å². The molecule has 1 spiro atoms. The van der Waals surface area contributed by atoms with Crippen LogP contribution in [0.5, 0.6) is 0 Å². The molecule has 3 nitrogen and oxygen atoms in total. The van der Waals surface area contributed by atoms with E-state index in [1.807, 2.05) is 32.1 Å². The normalized spacial score (nSPS) is 23.9. The van der Waals surface area contributed by atoms with E-state index in [0.717, 1.165) is 47.1 Å². The number of halogens is 1. The highest BCUT2D eigenvalue weighted by molar-refractivity contribution is 6.20. The summed E-state index contributed by atoms with van der Waals surface area (Å²) >= 11 is 0. The second-order valence-electron chi connectivity index (χ2n) is 7.71. The van der Waals surface area contributed by atoms with E-state index < -0.39 is 17.7 Å². The van der Waals surface area contributed by atoms with Gasteiger partial charge in [-0.2, -0.15) is 0 Å². The van der Waals surface area contributed by atoms with Crippen molar-refractivity contribution in [3.05, 3.63) is 58.4 Å². The number of aliphatic hydroxyl groups excluding tert-OH is 1. The van der Waals surface area contributed by atoms with Crippen LogP contribution < -0.4 is 0 Å². The van der Waals surface area contributed by atoms with Crippen molar-refractivity contribution in [3.63, 3.8) is 0 Å². The van der Waals surface area contributed by atoms with Crippen LogP contribution in [0.15, 0.2) is 36.1 Å². The number of rotatable bonds is 3. The number of ether oxygens (including phenoxy) is 1. The van der Waals surface area contributed by atoms with Crippen LogP contribution >= 0.6 is 0 Å². The zero-order valence-electron chi connectivity index (χ0n) is 15.8. The quantitative estimate of drug-likeness (QED) is 0.729. The Labute approximate surface area is 159 Å². The van der Waals surface area contributed by atoms with Crippen LogP contribution in [0.1, 0.15) is 61.3 Å². The lowest BCUT2D eigenvalue weighted by Crippen LogP contribution is -2.27. The summed E-state index contributed by atoms with van der Waals surface area (Å²) in [6.07, 6.45) is 8.68. The van der Waals surface area contributed by atoms with E-state index in [9.17, 15) is 14.3 Å². The molecule has 27 heavy (non-hydrogen) atoms. The Morgan fingerprint density at radius 3 is 2.67 bits per heavy atom. The predicted molar refractivity (Wildman–Crippen MR) is 104 cm³/mol. The van der Waals surface area contributed by atoms with E-state index in [4.69, 9.17) is 4.74 Å². The van der Waals surface area contributed by atoms with E-state index in [-0.39, 0.29) is 5.76 Å². The van der Waals surface area contributed by atoms with Gasteiger partial charge >= 0.3 is 5.97 Å². The number of esters is 1. The number of aryl methyl sites for hydroxylation is 1. The lowest BCUT2D eigenvalue weighted by Gasteiger charge is -2.21. The number of hydrogen-bond donors (Lipinski definition) is 1. The molecule has 142 valence electrons. The van der Waals surface area contributed by atoms with Crippen molar-refractivity contribution in [3.8, 4) is 0 Å². The number of carbonyl (C=O) groups excluding carboxylic acids is 1. The third-order valence-corrected chi connectivity index (χ3v) is 6.11. The lowest BCUT2D eigenvalue weighted by atomic mass is 9.85. The molecule has 0 saturated heterocycles. The van der Waals surface area contributed by atoms with Gasteiger partial charge in [0.15, 0.2) is 11.4 Å². The van der Waals surface area contributed by atoms with Crippen molar-refractivity contribution >= 4 is 17.1 Å². The largest absolute Gasteiger partial charge is 0.507 e. The fraction of sp³-hybridized carbons (Fsp3) is 0.435. The first-order chi connectivity index (χ1) is 13.0. The second kappa shape index (κ2) is 6.66. The van der Waals surface area contributed by atoms with Gasteiger partial charge < -0.3 is 9.84 Å². The zero-order valence-corrected chi connectivity index (χ0v) is 15.8. The number of benzene rings is 1. The Morgan fingerprint density at radius 2 is 2.04 bits per heavy atom. The van der Waals surface area contributed by atoms with E-state index in [2.05, 4.69) is 0 Å². The van der Waals surface area contributed by atoms with Gasteiger partial charge in [0.25, 0.3) is 0 Å². The molecular weight excluding hydrogens is 343 g/mol. The Kier molecular flexibility index (Phi) is 4.45. The highest BCUT2D eigenvalue weighted by Crippen LogP contribution is 2.48. The summed E-state index contributed by atoms with van der Waals surface area (Å²) in [6.45, 7) is 4.00. The summed E-state index contributed by atoms with van der Waals surface area (Å²) in [5, 5.41) is 11.0. The second-order valence-corrected chi connectivity index (χ2v) is 7.71. The number of alkyl halides is 1. The van der Waals surface area contributed by atoms with Gasteiger partial charge in [-0.3, -0.25) is 0 Å². The monoisotopic (exact) mass is 368 g/mol. The number of carbonyl (C=O) groups is 1. The van der Waals surface area contributed by atoms with Crippen LogP contribution in [0.25, 0.3) is 11.1 Å². The molecule has 1 aromatic carbocycles. The molecule has 1 aliphatic heterocycles. The van der Waals surface area contributed by atoms with Crippen LogP contribution in [0, 0.1) is 6.92 Å². The van der Waals surface area contributed by atoms with Gasteiger partial charge in [-0.25, -0.2) is 9.18 Å². The zero-order chi connectivity index (χ0) is 19.2. The standard InChI is InChI=1S/C23H25FO3/c1-3-15-8-11-18(16-6-9-17(24)10-7-16)14(2)19(15)20-21(25)23(27-22(20)26)12-4-5-13-23/h6-9,11,17,25H,3-5,10,12-13H2,1-2H3. The summed E-state index contributed by atoms with van der Waals surface area (Å²) < 4.78 is 19.2. The van der Waals surface area contributed by atoms with Crippen LogP contribution in [0.4, 0.5) is 4.39 Å². The van der Waals surface area contributed by atoms with E-state index in [0.29, 0.717) is 24.8 Å². The minimum atomic E-state index is -0.942. The van der Waals surface area contributed by atoms with Crippen molar-refractivity contribution in [2.24, 2.45) is 0 Å². The highest BCUT2D eigenvalue weighted by Gasteiger charge is 2.50. The molecule has 4 heteroatoms. The average Bonchev–Trinajstić information content (AvgIpc) is 3.22. The topological polar surface area (TPSA) is 46.5 Å². The summed E-state index contributed by atoms with van der Waals surface area (Å²) in [4.78, 5) is 12.8. The molecular formula is C23H25FO3. The fourth-order valence-electron chi connectivity index (χ4n) is 4.62. The van der Waals surface area contributed by atoms with Crippen molar-refractivity contribution in [2.45, 2.75) is 64.1 Å². The van der Waals surface area contributed by atoms with Gasteiger partial charge in [-0.05, 0) is 72.9 Å². The Morgan fingerprint density at radius 1 is 1.30 bits per heavy atom. The minimum absolute atomic E-state index is 0.0944. The molecule has 4 rings (SSSR count).